The van der Waals surface area contributed by atoms with Crippen LogP contribution in [0.25, 0.3) is 0 Å². The maximum absolute atomic E-state index is 12.1. The Bertz CT molecular complexity index is 360. The second-order valence-corrected chi connectivity index (χ2v) is 4.66. The van der Waals surface area contributed by atoms with E-state index in [9.17, 15) is 9.59 Å². The SMILES string of the molecule is C=CC(=O)N(CC)C1CN(C(=O)[C@@H]2COCCO2)C1. The van der Waals surface area contributed by atoms with Gasteiger partial charge in [0.1, 0.15) is 0 Å². The van der Waals surface area contributed by atoms with Crippen molar-refractivity contribution in [2.45, 2.75) is 19.1 Å². The quantitative estimate of drug-likeness (QED) is 0.654. The lowest BCUT2D eigenvalue weighted by Gasteiger charge is -2.46. The zero-order valence-electron chi connectivity index (χ0n) is 11.2. The molecule has 0 aromatic carbocycles. The first-order chi connectivity index (χ1) is 9.17. The minimum absolute atomic E-state index is 0.0435. The predicted molar refractivity (Wildman–Crippen MR) is 68.5 cm³/mol. The molecule has 2 heterocycles. The summed E-state index contributed by atoms with van der Waals surface area (Å²) in [5.41, 5.74) is 0. The highest BCUT2D eigenvalue weighted by Gasteiger charge is 2.39. The minimum atomic E-state index is -0.486. The van der Waals surface area contributed by atoms with Crippen molar-refractivity contribution in [1.82, 2.24) is 9.80 Å². The molecule has 106 valence electrons. The zero-order chi connectivity index (χ0) is 13.8. The Labute approximate surface area is 112 Å². The summed E-state index contributed by atoms with van der Waals surface area (Å²) >= 11 is 0. The van der Waals surface area contributed by atoms with Crippen LogP contribution in [0, 0.1) is 0 Å². The van der Waals surface area contributed by atoms with Crippen LogP contribution in [0.1, 0.15) is 6.92 Å². The molecule has 0 saturated carbocycles. The second-order valence-electron chi connectivity index (χ2n) is 4.66. The van der Waals surface area contributed by atoms with Gasteiger partial charge in [-0.3, -0.25) is 9.59 Å². The van der Waals surface area contributed by atoms with Crippen LogP contribution in [0.2, 0.25) is 0 Å². The van der Waals surface area contributed by atoms with E-state index in [-0.39, 0.29) is 17.9 Å². The molecule has 0 bridgehead atoms. The Kier molecular flexibility index (Phi) is 4.55. The summed E-state index contributed by atoms with van der Waals surface area (Å²) in [6.07, 6.45) is 0.825. The molecule has 0 aliphatic carbocycles. The van der Waals surface area contributed by atoms with E-state index in [0.717, 1.165) is 0 Å². The molecule has 6 nitrogen and oxygen atoms in total. The number of likely N-dealkylation sites (tertiary alicyclic amines) is 1. The molecule has 19 heavy (non-hydrogen) atoms. The van der Waals surface area contributed by atoms with Gasteiger partial charge >= 0.3 is 0 Å². The molecule has 0 radical (unpaired) electrons. The van der Waals surface area contributed by atoms with Gasteiger partial charge in [0, 0.05) is 19.6 Å². The van der Waals surface area contributed by atoms with Gasteiger partial charge in [0.2, 0.25) is 5.91 Å². The van der Waals surface area contributed by atoms with Crippen LogP contribution in [-0.4, -0.2) is 73.2 Å². The molecule has 6 heteroatoms. The van der Waals surface area contributed by atoms with E-state index in [2.05, 4.69) is 6.58 Å². The third-order valence-corrected chi connectivity index (χ3v) is 3.50. The maximum Gasteiger partial charge on any atom is 0.254 e. The van der Waals surface area contributed by atoms with Crippen molar-refractivity contribution < 1.29 is 19.1 Å². The summed E-state index contributed by atoms with van der Waals surface area (Å²) in [5.74, 6) is -0.130. The first kappa shape index (κ1) is 14.0. The molecule has 2 aliphatic rings. The molecule has 0 aromatic heterocycles. The van der Waals surface area contributed by atoms with E-state index in [1.54, 1.807) is 9.80 Å². The highest BCUT2D eigenvalue weighted by atomic mass is 16.6. The van der Waals surface area contributed by atoms with E-state index in [0.29, 0.717) is 39.5 Å². The van der Waals surface area contributed by atoms with Crippen molar-refractivity contribution in [3.8, 4) is 0 Å². The average molecular weight is 268 g/mol. The minimum Gasteiger partial charge on any atom is -0.376 e. The van der Waals surface area contributed by atoms with Gasteiger partial charge in [0.15, 0.2) is 6.10 Å². The van der Waals surface area contributed by atoms with Gasteiger partial charge < -0.3 is 19.3 Å². The zero-order valence-corrected chi connectivity index (χ0v) is 11.2. The molecule has 2 aliphatic heterocycles. The number of carbonyl (C=O) groups excluding carboxylic acids is 2. The van der Waals surface area contributed by atoms with Crippen molar-refractivity contribution >= 4 is 11.8 Å². The molecule has 2 saturated heterocycles. The summed E-state index contributed by atoms with van der Waals surface area (Å²) < 4.78 is 10.6. The van der Waals surface area contributed by atoms with Crippen LogP contribution in [0.5, 0.6) is 0 Å². The number of likely N-dealkylation sites (N-methyl/N-ethyl adjacent to an activating group) is 1. The van der Waals surface area contributed by atoms with Crippen LogP contribution >= 0.6 is 0 Å². The van der Waals surface area contributed by atoms with E-state index in [4.69, 9.17) is 9.47 Å². The van der Waals surface area contributed by atoms with E-state index >= 15 is 0 Å². The Morgan fingerprint density at radius 1 is 1.42 bits per heavy atom. The number of amides is 2. The fourth-order valence-electron chi connectivity index (χ4n) is 2.38. The van der Waals surface area contributed by atoms with Crippen LogP contribution < -0.4 is 0 Å². The van der Waals surface area contributed by atoms with Crippen molar-refractivity contribution in [1.29, 1.82) is 0 Å². The topological polar surface area (TPSA) is 59.1 Å². The summed E-state index contributed by atoms with van der Waals surface area (Å²) in [6.45, 7) is 8.49. The third kappa shape index (κ3) is 2.96. The van der Waals surface area contributed by atoms with E-state index < -0.39 is 6.10 Å². The van der Waals surface area contributed by atoms with Crippen LogP contribution in [0.3, 0.4) is 0 Å². The van der Waals surface area contributed by atoms with Gasteiger partial charge in [-0.05, 0) is 13.0 Å². The summed E-state index contributed by atoms with van der Waals surface area (Å²) in [5, 5.41) is 0. The standard InChI is InChI=1S/C13H20N2O4/c1-3-12(16)15(4-2)10-7-14(8-10)13(17)11-9-18-5-6-19-11/h3,10-11H,1,4-9H2,2H3/t11-/m0/s1. The van der Waals surface area contributed by atoms with Crippen molar-refractivity contribution in [3.63, 3.8) is 0 Å². The van der Waals surface area contributed by atoms with Crippen LogP contribution in [-0.2, 0) is 19.1 Å². The van der Waals surface area contributed by atoms with Gasteiger partial charge in [-0.15, -0.1) is 0 Å². The largest absolute Gasteiger partial charge is 0.376 e. The Balaban J connectivity index is 1.83. The molecule has 1 atom stereocenters. The van der Waals surface area contributed by atoms with Crippen molar-refractivity contribution in [2.24, 2.45) is 0 Å². The van der Waals surface area contributed by atoms with Gasteiger partial charge in [-0.1, -0.05) is 6.58 Å². The van der Waals surface area contributed by atoms with Gasteiger partial charge in [0.25, 0.3) is 5.91 Å². The molecule has 2 fully saturated rings. The Morgan fingerprint density at radius 3 is 2.68 bits per heavy atom. The summed E-state index contributed by atoms with van der Waals surface area (Å²) in [6, 6.07) is 0.0870. The number of rotatable bonds is 4. The molecular formula is C13H20N2O4. The fraction of sp³-hybridized carbons (Fsp3) is 0.692. The fourth-order valence-corrected chi connectivity index (χ4v) is 2.38. The summed E-state index contributed by atoms with van der Waals surface area (Å²) in [4.78, 5) is 27.1. The molecule has 0 spiro atoms. The van der Waals surface area contributed by atoms with Gasteiger partial charge in [-0.2, -0.15) is 0 Å². The number of ether oxygens (including phenoxy) is 2. The lowest BCUT2D eigenvalue weighted by atomic mass is 10.1. The normalized spacial score (nSPS) is 23.6. The first-order valence-electron chi connectivity index (χ1n) is 6.58. The summed E-state index contributed by atoms with van der Waals surface area (Å²) in [7, 11) is 0. The highest BCUT2D eigenvalue weighted by Crippen LogP contribution is 2.18. The highest BCUT2D eigenvalue weighted by molar-refractivity contribution is 5.88. The third-order valence-electron chi connectivity index (χ3n) is 3.50. The molecular weight excluding hydrogens is 248 g/mol. The molecule has 0 N–H and O–H groups in total. The van der Waals surface area contributed by atoms with Crippen LogP contribution in [0.4, 0.5) is 0 Å². The van der Waals surface area contributed by atoms with Gasteiger partial charge in [-0.25, -0.2) is 0 Å². The Morgan fingerprint density at radius 2 is 2.16 bits per heavy atom. The number of hydrogen-bond donors (Lipinski definition) is 0. The second kappa shape index (κ2) is 6.16. The predicted octanol–water partition coefficient (Wildman–Crippen LogP) is -0.353. The molecule has 0 unspecified atom stereocenters. The van der Waals surface area contributed by atoms with Crippen LogP contribution in [0.15, 0.2) is 12.7 Å². The maximum atomic E-state index is 12.1. The molecule has 0 aromatic rings. The van der Waals surface area contributed by atoms with Gasteiger partial charge in [0.05, 0.1) is 25.9 Å². The Hall–Kier alpha value is -1.40. The lowest BCUT2D eigenvalue weighted by Crippen LogP contribution is -2.64. The lowest BCUT2D eigenvalue weighted by molar-refractivity contribution is -0.166. The first-order valence-corrected chi connectivity index (χ1v) is 6.58. The average Bonchev–Trinajstić information content (AvgIpc) is 2.41. The number of nitrogens with zero attached hydrogens (tertiary/aromatic N) is 2. The molecule has 2 rings (SSSR count). The van der Waals surface area contributed by atoms with E-state index in [1.165, 1.54) is 6.08 Å². The molecule has 2 amide bonds. The monoisotopic (exact) mass is 268 g/mol. The van der Waals surface area contributed by atoms with Crippen molar-refractivity contribution in [3.05, 3.63) is 12.7 Å². The number of hydrogen-bond acceptors (Lipinski definition) is 4. The smallest absolute Gasteiger partial charge is 0.254 e. The number of carbonyl (C=O) groups is 2. The van der Waals surface area contributed by atoms with Crippen molar-refractivity contribution in [2.75, 3.05) is 39.5 Å². The van der Waals surface area contributed by atoms with E-state index in [1.807, 2.05) is 6.92 Å².